The highest BCUT2D eigenvalue weighted by Crippen LogP contribution is 2.27. The van der Waals surface area contributed by atoms with Crippen LogP contribution in [-0.4, -0.2) is 20.5 Å². The highest BCUT2D eigenvalue weighted by Gasteiger charge is 2.14. The number of benzene rings is 1. The Morgan fingerprint density at radius 3 is 2.74 bits per heavy atom. The number of carbonyl (C=O) groups is 1. The normalized spacial score (nSPS) is 11.0. The second-order valence-electron chi connectivity index (χ2n) is 4.69. The number of halogens is 1. The first kappa shape index (κ1) is 14.4. The summed E-state index contributed by atoms with van der Waals surface area (Å²) in [4.78, 5) is 17.8. The number of thiophene rings is 1. The van der Waals surface area contributed by atoms with Gasteiger partial charge in [0.25, 0.3) is 11.9 Å². The van der Waals surface area contributed by atoms with Crippen LogP contribution in [0.4, 0.5) is 5.95 Å². The summed E-state index contributed by atoms with van der Waals surface area (Å²) in [5, 5.41) is 11.6. The lowest BCUT2D eigenvalue weighted by molar-refractivity contribution is 0.102. The van der Waals surface area contributed by atoms with Gasteiger partial charge in [-0.1, -0.05) is 29.8 Å². The molecule has 4 aromatic rings. The summed E-state index contributed by atoms with van der Waals surface area (Å²) in [5.41, 5.74) is 1.90. The minimum Gasteiger partial charge on any atom is -0.288 e. The molecule has 4 rings (SSSR count). The zero-order valence-corrected chi connectivity index (χ0v) is 14.0. The third kappa shape index (κ3) is 2.74. The minimum atomic E-state index is -0.203. The zero-order valence-electron chi connectivity index (χ0n) is 11.6. The Balaban J connectivity index is 1.66. The van der Waals surface area contributed by atoms with Crippen molar-refractivity contribution in [1.82, 2.24) is 14.6 Å². The van der Waals surface area contributed by atoms with Gasteiger partial charge in [0, 0.05) is 16.0 Å². The number of amides is 1. The van der Waals surface area contributed by atoms with Crippen molar-refractivity contribution in [2.24, 2.45) is 0 Å². The van der Waals surface area contributed by atoms with Crippen molar-refractivity contribution >= 4 is 51.1 Å². The molecule has 23 heavy (non-hydrogen) atoms. The van der Waals surface area contributed by atoms with Gasteiger partial charge in [-0.15, -0.1) is 27.8 Å². The molecular formula is C15H9ClN4OS2. The van der Waals surface area contributed by atoms with Crippen LogP contribution in [0, 0.1) is 0 Å². The van der Waals surface area contributed by atoms with Crippen molar-refractivity contribution in [1.29, 1.82) is 0 Å². The lowest BCUT2D eigenvalue weighted by Gasteiger charge is -1.99. The van der Waals surface area contributed by atoms with Gasteiger partial charge in [-0.05, 0) is 23.6 Å². The fraction of sp³-hybridized carbons (Fsp3) is 0. The third-order valence-corrected chi connectivity index (χ3v) is 5.13. The van der Waals surface area contributed by atoms with Crippen molar-refractivity contribution in [3.05, 3.63) is 57.1 Å². The molecule has 0 unspecified atom stereocenters. The molecule has 0 saturated heterocycles. The smallest absolute Gasteiger partial charge is 0.268 e. The Morgan fingerprint density at radius 2 is 2.00 bits per heavy atom. The van der Waals surface area contributed by atoms with Crippen molar-refractivity contribution in [3.8, 4) is 11.3 Å². The zero-order chi connectivity index (χ0) is 15.8. The molecule has 0 spiro atoms. The van der Waals surface area contributed by atoms with Crippen LogP contribution in [-0.2, 0) is 0 Å². The monoisotopic (exact) mass is 360 g/mol. The average Bonchev–Trinajstić information content (AvgIpc) is 3.24. The number of rotatable bonds is 3. The number of anilines is 1. The van der Waals surface area contributed by atoms with E-state index in [4.69, 9.17) is 11.6 Å². The highest BCUT2D eigenvalue weighted by atomic mass is 35.5. The summed E-state index contributed by atoms with van der Waals surface area (Å²) in [6.45, 7) is 0. The van der Waals surface area contributed by atoms with E-state index in [0.29, 0.717) is 15.8 Å². The Morgan fingerprint density at radius 1 is 1.17 bits per heavy atom. The van der Waals surface area contributed by atoms with E-state index >= 15 is 0 Å². The van der Waals surface area contributed by atoms with E-state index in [-0.39, 0.29) is 5.91 Å². The van der Waals surface area contributed by atoms with Gasteiger partial charge in [0.1, 0.15) is 0 Å². The second-order valence-corrected chi connectivity index (χ2v) is 6.91. The van der Waals surface area contributed by atoms with Crippen LogP contribution >= 0.6 is 34.3 Å². The van der Waals surface area contributed by atoms with Gasteiger partial charge >= 0.3 is 0 Å². The number of carbonyl (C=O) groups excluding carboxylic acids is 1. The highest BCUT2D eigenvalue weighted by molar-refractivity contribution is 7.15. The van der Waals surface area contributed by atoms with Crippen LogP contribution in [0.3, 0.4) is 0 Å². The lowest BCUT2D eigenvalue weighted by atomic mass is 10.2. The molecule has 8 heteroatoms. The van der Waals surface area contributed by atoms with E-state index in [1.165, 1.54) is 22.7 Å². The molecule has 0 saturated carbocycles. The maximum atomic E-state index is 12.1. The molecule has 0 fully saturated rings. The van der Waals surface area contributed by atoms with Crippen LogP contribution in [0.15, 0.2) is 47.2 Å². The number of nitrogens with zero attached hydrogens (tertiary/aromatic N) is 3. The number of nitrogens with one attached hydrogen (secondary N) is 1. The molecule has 1 aromatic carbocycles. The predicted molar refractivity (Wildman–Crippen MR) is 93.6 cm³/mol. The largest absolute Gasteiger partial charge is 0.288 e. The maximum Gasteiger partial charge on any atom is 0.268 e. The summed E-state index contributed by atoms with van der Waals surface area (Å²) >= 11 is 8.77. The lowest BCUT2D eigenvalue weighted by Crippen LogP contribution is -2.11. The Bertz CT molecular complexity index is 973. The fourth-order valence-corrected chi connectivity index (χ4v) is 3.70. The number of hydrogen-bond donors (Lipinski definition) is 1. The molecule has 0 radical (unpaired) electrons. The quantitative estimate of drug-likeness (QED) is 0.588. The topological polar surface area (TPSA) is 59.3 Å². The maximum absolute atomic E-state index is 12.1. The van der Waals surface area contributed by atoms with Crippen molar-refractivity contribution in [2.45, 2.75) is 0 Å². The standard InChI is InChI=1S/C15H9ClN4OS2/c16-10-5-3-9(4-6-10)11-8-23-15-18-14(19-20(11)15)17-13(21)12-2-1-7-22-12/h1-8H,(H,17,19,21). The predicted octanol–water partition coefficient (Wildman–Crippen LogP) is 4.43. The number of hydrogen-bond acceptors (Lipinski definition) is 5. The molecule has 5 nitrogen and oxygen atoms in total. The van der Waals surface area contributed by atoms with Gasteiger partial charge in [0.05, 0.1) is 10.6 Å². The Labute approximate surface area is 144 Å². The summed E-state index contributed by atoms with van der Waals surface area (Å²) in [6, 6.07) is 11.1. The van der Waals surface area contributed by atoms with Crippen molar-refractivity contribution in [3.63, 3.8) is 0 Å². The second kappa shape index (κ2) is 5.77. The molecule has 0 bridgehead atoms. The van der Waals surface area contributed by atoms with Gasteiger partial charge in [0.2, 0.25) is 4.96 Å². The van der Waals surface area contributed by atoms with E-state index in [1.54, 1.807) is 10.6 Å². The summed E-state index contributed by atoms with van der Waals surface area (Å²) < 4.78 is 1.72. The molecule has 0 aliphatic carbocycles. The molecule has 114 valence electrons. The molecule has 0 aliphatic heterocycles. The molecule has 3 aromatic heterocycles. The first-order valence-corrected chi connectivity index (χ1v) is 8.79. The molecule has 3 heterocycles. The van der Waals surface area contributed by atoms with Crippen LogP contribution in [0.5, 0.6) is 0 Å². The van der Waals surface area contributed by atoms with Gasteiger partial charge in [-0.2, -0.15) is 4.98 Å². The number of thiazole rings is 1. The molecule has 0 atom stereocenters. The molecule has 1 amide bonds. The minimum absolute atomic E-state index is 0.203. The summed E-state index contributed by atoms with van der Waals surface area (Å²) in [7, 11) is 0. The Hall–Kier alpha value is -2.22. The van der Waals surface area contributed by atoms with Gasteiger partial charge < -0.3 is 0 Å². The van der Waals surface area contributed by atoms with E-state index in [2.05, 4.69) is 15.4 Å². The van der Waals surface area contributed by atoms with Crippen LogP contribution < -0.4 is 5.32 Å². The van der Waals surface area contributed by atoms with Crippen LogP contribution in [0.25, 0.3) is 16.2 Å². The van der Waals surface area contributed by atoms with E-state index in [1.807, 2.05) is 41.1 Å². The fourth-order valence-electron chi connectivity index (χ4n) is 2.12. The molecule has 1 N–H and O–H groups in total. The molecule has 0 aliphatic rings. The SMILES string of the molecule is O=C(Nc1nc2scc(-c3ccc(Cl)cc3)n2n1)c1cccs1. The Kier molecular flexibility index (Phi) is 3.60. The molecular weight excluding hydrogens is 352 g/mol. The van der Waals surface area contributed by atoms with Crippen LogP contribution in [0.1, 0.15) is 9.67 Å². The van der Waals surface area contributed by atoms with Crippen LogP contribution in [0.2, 0.25) is 5.02 Å². The van der Waals surface area contributed by atoms with E-state index in [9.17, 15) is 4.79 Å². The summed E-state index contributed by atoms with van der Waals surface area (Å²) in [6.07, 6.45) is 0. The van der Waals surface area contributed by atoms with Gasteiger partial charge in [-0.25, -0.2) is 4.52 Å². The number of aromatic nitrogens is 3. The first-order chi connectivity index (χ1) is 11.2. The van der Waals surface area contributed by atoms with Gasteiger partial charge in [-0.3, -0.25) is 10.1 Å². The number of fused-ring (bicyclic) bond motifs is 1. The van der Waals surface area contributed by atoms with E-state index in [0.717, 1.165) is 16.2 Å². The first-order valence-electron chi connectivity index (χ1n) is 6.66. The van der Waals surface area contributed by atoms with Crippen molar-refractivity contribution < 1.29 is 4.79 Å². The van der Waals surface area contributed by atoms with Crippen molar-refractivity contribution in [2.75, 3.05) is 5.32 Å². The van der Waals surface area contributed by atoms with Gasteiger partial charge in [0.15, 0.2) is 0 Å². The average molecular weight is 361 g/mol. The van der Waals surface area contributed by atoms with E-state index < -0.39 is 0 Å². The summed E-state index contributed by atoms with van der Waals surface area (Å²) in [5.74, 6) is 0.0942. The third-order valence-electron chi connectivity index (χ3n) is 3.19.